The highest BCUT2D eigenvalue weighted by molar-refractivity contribution is 8.09. The van der Waals surface area contributed by atoms with Gasteiger partial charge in [0.25, 0.3) is 0 Å². The number of fused-ring (bicyclic) bond motifs is 1. The Balaban J connectivity index is 2.39. The second-order valence-corrected chi connectivity index (χ2v) is 9.19. The summed E-state index contributed by atoms with van der Waals surface area (Å²) in [7, 11) is 0. The summed E-state index contributed by atoms with van der Waals surface area (Å²) in [5.74, 6) is 0. The molecule has 0 aliphatic carbocycles. The molecule has 1 aliphatic rings. The van der Waals surface area contributed by atoms with Gasteiger partial charge in [0, 0.05) is 10.5 Å². The van der Waals surface area contributed by atoms with E-state index in [1.807, 2.05) is 23.5 Å². The van der Waals surface area contributed by atoms with Gasteiger partial charge >= 0.3 is 0 Å². The quantitative estimate of drug-likeness (QED) is 0.623. The molecule has 1 aromatic heterocycles. The normalized spacial score (nSPS) is 28.5. The number of rotatable bonds is 0. The zero-order chi connectivity index (χ0) is 8.72. The van der Waals surface area contributed by atoms with Crippen LogP contribution in [0.25, 0.3) is 0 Å². The Morgan fingerprint density at radius 2 is 1.42 bits per heavy atom. The van der Waals surface area contributed by atoms with Crippen molar-refractivity contribution in [2.45, 2.75) is 32.8 Å². The molecular formula is C7H8S5. The highest BCUT2D eigenvalue weighted by atomic mass is 32.2. The average Bonchev–Trinajstić information content (AvgIpc) is 2.30. The van der Waals surface area contributed by atoms with Crippen molar-refractivity contribution in [3.05, 3.63) is 3.14 Å². The Morgan fingerprint density at radius 3 is 1.83 bits per heavy atom. The highest BCUT2D eigenvalue weighted by Crippen LogP contribution is 2.50. The van der Waals surface area contributed by atoms with E-state index in [2.05, 4.69) is 13.8 Å². The average molecular weight is 252 g/mol. The summed E-state index contributed by atoms with van der Waals surface area (Å²) >= 11 is 12.7. The zero-order valence-electron chi connectivity index (χ0n) is 6.70. The van der Waals surface area contributed by atoms with Gasteiger partial charge in [-0.3, -0.25) is 0 Å². The van der Waals surface area contributed by atoms with E-state index in [1.54, 1.807) is 22.7 Å². The van der Waals surface area contributed by atoms with E-state index in [0.717, 1.165) is 13.6 Å². The number of hydrogen-bond donors (Lipinski definition) is 0. The first-order valence-electron chi connectivity index (χ1n) is 3.64. The summed E-state index contributed by atoms with van der Waals surface area (Å²) in [6, 6.07) is 0. The van der Waals surface area contributed by atoms with Crippen molar-refractivity contribution in [2.75, 3.05) is 0 Å². The van der Waals surface area contributed by atoms with Gasteiger partial charge in [-0.1, -0.05) is 26.1 Å². The van der Waals surface area contributed by atoms with E-state index >= 15 is 0 Å². The van der Waals surface area contributed by atoms with Crippen molar-refractivity contribution in [1.82, 2.24) is 0 Å². The Bertz CT molecular complexity index is 305. The molecule has 0 nitrogen and oxygen atoms in total. The SMILES string of the molecule is CC1Sc2sc(=S)sc2SC1C. The van der Waals surface area contributed by atoms with E-state index < -0.39 is 0 Å². The van der Waals surface area contributed by atoms with Gasteiger partial charge in [-0.15, -0.1) is 46.2 Å². The maximum atomic E-state index is 5.17. The zero-order valence-corrected chi connectivity index (χ0v) is 10.8. The predicted molar refractivity (Wildman–Crippen MR) is 63.7 cm³/mol. The minimum atomic E-state index is 0.725. The summed E-state index contributed by atoms with van der Waals surface area (Å²) in [6.45, 7) is 4.58. The van der Waals surface area contributed by atoms with E-state index in [4.69, 9.17) is 12.2 Å². The second kappa shape index (κ2) is 3.61. The fourth-order valence-electron chi connectivity index (χ4n) is 0.929. The van der Waals surface area contributed by atoms with Gasteiger partial charge in [-0.25, -0.2) is 0 Å². The van der Waals surface area contributed by atoms with Crippen molar-refractivity contribution in [3.8, 4) is 0 Å². The molecule has 0 spiro atoms. The van der Waals surface area contributed by atoms with E-state index in [0.29, 0.717) is 0 Å². The smallest absolute Gasteiger partial charge is 0.109 e. The van der Waals surface area contributed by atoms with Gasteiger partial charge in [0.1, 0.15) is 3.14 Å². The molecule has 66 valence electrons. The van der Waals surface area contributed by atoms with E-state index in [1.165, 1.54) is 8.42 Å². The standard InChI is InChI=1S/C7H8S5/c1-3-4(2)10-6-5(9-3)11-7(8)12-6/h3-4H,1-2H3. The molecule has 2 rings (SSSR count). The van der Waals surface area contributed by atoms with Crippen LogP contribution in [0.5, 0.6) is 0 Å². The molecule has 2 unspecified atom stereocenters. The fourth-order valence-corrected chi connectivity index (χ4v) is 7.66. The third-order valence-corrected chi connectivity index (χ3v) is 8.04. The van der Waals surface area contributed by atoms with Gasteiger partial charge in [-0.05, 0) is 0 Å². The lowest BCUT2D eigenvalue weighted by Gasteiger charge is -2.23. The second-order valence-electron chi connectivity index (χ2n) is 2.67. The Morgan fingerprint density at radius 1 is 1.00 bits per heavy atom. The van der Waals surface area contributed by atoms with Crippen LogP contribution in [0.15, 0.2) is 8.42 Å². The molecule has 0 saturated carbocycles. The largest absolute Gasteiger partial charge is 0.145 e. The first-order valence-corrected chi connectivity index (χ1v) is 7.44. The maximum absolute atomic E-state index is 5.17. The van der Waals surface area contributed by atoms with Gasteiger partial charge in [0.2, 0.25) is 0 Å². The summed E-state index contributed by atoms with van der Waals surface area (Å²) in [5, 5.41) is 1.45. The van der Waals surface area contributed by atoms with Gasteiger partial charge in [0.15, 0.2) is 0 Å². The van der Waals surface area contributed by atoms with Crippen LogP contribution in [0.3, 0.4) is 0 Å². The number of hydrogen-bond acceptors (Lipinski definition) is 5. The fraction of sp³-hybridized carbons (Fsp3) is 0.571. The van der Waals surface area contributed by atoms with Crippen molar-refractivity contribution >= 4 is 58.4 Å². The summed E-state index contributed by atoms with van der Waals surface area (Å²) in [6.07, 6.45) is 0. The summed E-state index contributed by atoms with van der Waals surface area (Å²) in [4.78, 5) is 0. The lowest BCUT2D eigenvalue weighted by Crippen LogP contribution is -2.14. The van der Waals surface area contributed by atoms with Crippen LogP contribution in [0.1, 0.15) is 13.8 Å². The molecular weight excluding hydrogens is 244 g/mol. The van der Waals surface area contributed by atoms with Gasteiger partial charge in [0.05, 0.1) is 8.42 Å². The van der Waals surface area contributed by atoms with Gasteiger partial charge < -0.3 is 0 Å². The molecule has 2 heterocycles. The van der Waals surface area contributed by atoms with Crippen molar-refractivity contribution < 1.29 is 0 Å². The molecule has 0 radical (unpaired) electrons. The first-order chi connectivity index (χ1) is 5.66. The van der Waals surface area contributed by atoms with Crippen LogP contribution >= 0.6 is 58.4 Å². The van der Waals surface area contributed by atoms with Crippen LogP contribution < -0.4 is 0 Å². The van der Waals surface area contributed by atoms with Crippen molar-refractivity contribution in [1.29, 1.82) is 0 Å². The molecule has 1 aliphatic heterocycles. The Hall–Kier alpha value is 0.970. The Labute approximate surface area is 93.8 Å². The van der Waals surface area contributed by atoms with Crippen LogP contribution in [-0.2, 0) is 0 Å². The molecule has 0 bridgehead atoms. The summed E-state index contributed by atoms with van der Waals surface area (Å²) in [5.41, 5.74) is 0. The van der Waals surface area contributed by atoms with Crippen molar-refractivity contribution in [3.63, 3.8) is 0 Å². The lowest BCUT2D eigenvalue weighted by molar-refractivity contribution is 0.918. The minimum absolute atomic E-state index is 0.725. The molecule has 0 saturated heterocycles. The summed E-state index contributed by atoms with van der Waals surface area (Å²) < 4.78 is 3.96. The van der Waals surface area contributed by atoms with Crippen LogP contribution in [0, 0.1) is 3.14 Å². The maximum Gasteiger partial charge on any atom is 0.145 e. The molecule has 2 atom stereocenters. The molecule has 0 aromatic carbocycles. The first kappa shape index (κ1) is 9.52. The van der Waals surface area contributed by atoms with Crippen LogP contribution in [0.4, 0.5) is 0 Å². The molecule has 0 amide bonds. The Kier molecular flexibility index (Phi) is 2.87. The predicted octanol–water partition coefficient (Wildman–Crippen LogP) is 4.51. The molecule has 12 heavy (non-hydrogen) atoms. The third-order valence-electron chi connectivity index (χ3n) is 1.77. The molecule has 0 N–H and O–H groups in total. The lowest BCUT2D eigenvalue weighted by atomic mass is 10.4. The molecule has 0 fully saturated rings. The topological polar surface area (TPSA) is 0 Å². The highest BCUT2D eigenvalue weighted by Gasteiger charge is 2.25. The van der Waals surface area contributed by atoms with Gasteiger partial charge in [-0.2, -0.15) is 0 Å². The minimum Gasteiger partial charge on any atom is -0.109 e. The van der Waals surface area contributed by atoms with Crippen LogP contribution in [0.2, 0.25) is 0 Å². The molecule has 5 heteroatoms. The van der Waals surface area contributed by atoms with Crippen LogP contribution in [-0.4, -0.2) is 10.5 Å². The van der Waals surface area contributed by atoms with E-state index in [-0.39, 0.29) is 0 Å². The van der Waals surface area contributed by atoms with E-state index in [9.17, 15) is 0 Å². The monoisotopic (exact) mass is 252 g/mol. The third kappa shape index (κ3) is 1.75. The number of thioether (sulfide) groups is 2. The van der Waals surface area contributed by atoms with Crippen molar-refractivity contribution in [2.24, 2.45) is 0 Å². The molecule has 1 aromatic rings.